The Balaban J connectivity index is 0.000000847. The molecular weight excluding hydrogens is 348 g/mol. The predicted molar refractivity (Wildman–Crippen MR) is 83.2 cm³/mol. The van der Waals surface area contributed by atoms with Crippen LogP contribution in [0.1, 0.15) is 11.1 Å². The molecule has 2 aromatic rings. The van der Waals surface area contributed by atoms with E-state index in [1.165, 1.54) is 6.21 Å². The second-order valence-electron chi connectivity index (χ2n) is 4.25. The summed E-state index contributed by atoms with van der Waals surface area (Å²) in [6, 6.07) is 14.1. The molecule has 0 spiro atoms. The molecule has 0 unspecified atom stereocenters. The van der Waals surface area contributed by atoms with Crippen LogP contribution in [-0.4, -0.2) is 22.9 Å². The molecule has 0 aliphatic carbocycles. The number of nitrogens with one attached hydrogen (secondary N) is 1. The second-order valence-corrected chi connectivity index (χ2v) is 4.25. The molecule has 1 aliphatic rings. The molecule has 0 saturated heterocycles. The van der Waals surface area contributed by atoms with E-state index in [0.29, 0.717) is 5.56 Å². The number of anilines is 1. The Morgan fingerprint density at radius 2 is 1.77 bits per heavy atom. The number of aromatic hydroxyl groups is 1. The molecule has 0 bridgehead atoms. The van der Waals surface area contributed by atoms with Gasteiger partial charge in [-0.2, -0.15) is 5.10 Å². The number of carbonyl (C=O) groups excluding carboxylic acids is 1. The molecule has 2 aromatic carbocycles. The molecule has 1 heterocycles. The van der Waals surface area contributed by atoms with E-state index in [2.05, 4.69) is 40.3 Å². The molecule has 22 heavy (non-hydrogen) atoms. The fourth-order valence-corrected chi connectivity index (χ4v) is 1.95. The SMILES string of the molecule is O=C1Nc2ccccc2/C1=N/N=C/c1ccccc1O.[Cl][Ni]. The zero-order chi connectivity index (χ0) is 15.9. The number of rotatable bonds is 2. The van der Waals surface area contributed by atoms with Crippen molar-refractivity contribution in [2.75, 3.05) is 5.32 Å². The van der Waals surface area contributed by atoms with Crippen molar-refractivity contribution in [3.63, 3.8) is 0 Å². The number of para-hydroxylation sites is 2. The Morgan fingerprint density at radius 3 is 2.55 bits per heavy atom. The third kappa shape index (κ3) is 3.53. The average molecular weight is 359 g/mol. The summed E-state index contributed by atoms with van der Waals surface area (Å²) in [5.41, 5.74) is 2.27. The number of phenolic OH excluding ortho intramolecular Hbond substituents is 1. The van der Waals surface area contributed by atoms with Crippen molar-refractivity contribution in [1.29, 1.82) is 0 Å². The molecule has 115 valence electrons. The molecule has 1 aliphatic heterocycles. The molecule has 7 heteroatoms. The molecule has 0 aromatic heterocycles. The summed E-state index contributed by atoms with van der Waals surface area (Å²) in [4.78, 5) is 11.8. The predicted octanol–water partition coefficient (Wildman–Crippen LogP) is 2.85. The fraction of sp³-hybridized carbons (Fsp3) is 0. The van der Waals surface area contributed by atoms with E-state index in [-0.39, 0.29) is 17.4 Å². The van der Waals surface area contributed by atoms with E-state index in [1.807, 2.05) is 24.3 Å². The van der Waals surface area contributed by atoms with E-state index in [0.717, 1.165) is 11.3 Å². The van der Waals surface area contributed by atoms with E-state index in [4.69, 9.17) is 0 Å². The van der Waals surface area contributed by atoms with Gasteiger partial charge >= 0.3 is 24.8 Å². The molecule has 5 nitrogen and oxygen atoms in total. The maximum atomic E-state index is 11.8. The first kappa shape index (κ1) is 16.2. The van der Waals surface area contributed by atoms with E-state index in [1.54, 1.807) is 24.3 Å². The summed E-state index contributed by atoms with van der Waals surface area (Å²) >= 11 is 3.35. The first-order valence-corrected chi connectivity index (χ1v) is 7.53. The van der Waals surface area contributed by atoms with Gasteiger partial charge in [-0.25, -0.2) is 0 Å². The summed E-state index contributed by atoms with van der Waals surface area (Å²) in [5.74, 6) is -0.159. The molecule has 0 saturated carbocycles. The van der Waals surface area contributed by atoms with Gasteiger partial charge in [0.15, 0.2) is 5.71 Å². The van der Waals surface area contributed by atoms with Crippen LogP contribution in [0.25, 0.3) is 0 Å². The van der Waals surface area contributed by atoms with Gasteiger partial charge in [-0.05, 0) is 18.2 Å². The monoisotopic (exact) mass is 358 g/mol. The van der Waals surface area contributed by atoms with E-state index < -0.39 is 0 Å². The third-order valence-corrected chi connectivity index (χ3v) is 2.94. The fourth-order valence-electron chi connectivity index (χ4n) is 1.95. The van der Waals surface area contributed by atoms with Gasteiger partial charge in [0.1, 0.15) is 5.75 Å². The van der Waals surface area contributed by atoms with Crippen molar-refractivity contribution in [3.05, 3.63) is 59.7 Å². The van der Waals surface area contributed by atoms with Crippen LogP contribution in [0, 0.1) is 0 Å². The van der Waals surface area contributed by atoms with Crippen LogP contribution in [-0.2, 0) is 19.4 Å². The first-order valence-electron chi connectivity index (χ1n) is 6.17. The molecule has 0 fully saturated rings. The van der Waals surface area contributed by atoms with Gasteiger partial charge in [-0.15, -0.1) is 5.10 Å². The van der Waals surface area contributed by atoms with Crippen molar-refractivity contribution in [1.82, 2.24) is 0 Å². The summed E-state index contributed by atoms with van der Waals surface area (Å²) in [6.07, 6.45) is 1.41. The number of hydrogen-bond acceptors (Lipinski definition) is 4. The van der Waals surface area contributed by atoms with E-state index >= 15 is 0 Å². The quantitative estimate of drug-likeness (QED) is 0.492. The van der Waals surface area contributed by atoms with Crippen LogP contribution in [0.4, 0.5) is 5.69 Å². The van der Waals surface area contributed by atoms with Gasteiger partial charge in [-0.3, -0.25) is 4.79 Å². The molecular formula is C15H11ClN3NiO2. The number of fused-ring (bicyclic) bond motifs is 1. The van der Waals surface area contributed by atoms with Crippen molar-refractivity contribution < 1.29 is 24.5 Å². The molecule has 2 N–H and O–H groups in total. The summed E-state index contributed by atoms with van der Waals surface area (Å²) in [5, 5.41) is 20.1. The molecule has 0 atom stereocenters. The Morgan fingerprint density at radius 1 is 1.09 bits per heavy atom. The molecule has 0 radical (unpaired) electrons. The van der Waals surface area contributed by atoms with Crippen molar-refractivity contribution in [2.45, 2.75) is 0 Å². The van der Waals surface area contributed by atoms with Gasteiger partial charge in [0.05, 0.1) is 11.9 Å². The third-order valence-electron chi connectivity index (χ3n) is 2.94. The van der Waals surface area contributed by atoms with Gasteiger partial charge in [0.25, 0.3) is 5.91 Å². The number of hydrogen-bond donors (Lipinski definition) is 2. The molecule has 1 amide bonds. The number of nitrogens with zero attached hydrogens (tertiary/aromatic N) is 2. The Bertz CT molecular complexity index is 747. The van der Waals surface area contributed by atoms with Crippen molar-refractivity contribution in [3.8, 4) is 5.75 Å². The van der Waals surface area contributed by atoms with Crippen LogP contribution in [0.3, 0.4) is 0 Å². The van der Waals surface area contributed by atoms with Gasteiger partial charge in [0.2, 0.25) is 0 Å². The Kier molecular flexibility index (Phi) is 5.70. The normalized spacial score (nSPS) is 14.5. The number of amides is 1. The van der Waals surface area contributed by atoms with Gasteiger partial charge in [-0.1, -0.05) is 30.3 Å². The van der Waals surface area contributed by atoms with Crippen LogP contribution in [0.15, 0.2) is 58.7 Å². The van der Waals surface area contributed by atoms with Crippen molar-refractivity contribution >= 4 is 33.7 Å². The summed E-state index contributed by atoms with van der Waals surface area (Å²) in [6.45, 7) is 0. The number of carbonyl (C=O) groups is 1. The second kappa shape index (κ2) is 7.73. The number of phenols is 1. The van der Waals surface area contributed by atoms with Crippen LogP contribution in [0.5, 0.6) is 5.75 Å². The average Bonchev–Trinajstić information content (AvgIpc) is 2.87. The van der Waals surface area contributed by atoms with Gasteiger partial charge in [0, 0.05) is 11.1 Å². The zero-order valence-electron chi connectivity index (χ0n) is 11.1. The minimum absolute atomic E-state index is 0.118. The van der Waals surface area contributed by atoms with Crippen LogP contribution >= 0.6 is 10.2 Å². The van der Waals surface area contributed by atoms with Gasteiger partial charge < -0.3 is 10.4 Å². The maximum absolute atomic E-state index is 11.8. The van der Waals surface area contributed by atoms with Crippen LogP contribution in [0.2, 0.25) is 0 Å². The Hall–Kier alpha value is -2.17. The number of benzene rings is 2. The van der Waals surface area contributed by atoms with Crippen molar-refractivity contribution in [2.24, 2.45) is 10.2 Å². The summed E-state index contributed by atoms with van der Waals surface area (Å²) < 4.78 is 0. The summed E-state index contributed by atoms with van der Waals surface area (Å²) in [7, 11) is 4.26. The Labute approximate surface area is 139 Å². The topological polar surface area (TPSA) is 74.0 Å². The minimum atomic E-state index is -0.277. The zero-order valence-corrected chi connectivity index (χ0v) is 12.9. The standard InChI is InChI=1S/C15H11N3O2.ClH.Ni/c19-13-8-4-1-5-10(13)9-16-18-14-11-6-2-3-7-12(11)17-15(14)20;;/h1-9,19H,(H,17,18,20);1H;/q;;+1/p-1/b16-9+;;. The van der Waals surface area contributed by atoms with E-state index in [9.17, 15) is 9.90 Å². The van der Waals surface area contributed by atoms with Crippen LogP contribution < -0.4 is 5.32 Å². The first-order chi connectivity index (χ1) is 10.8. The molecule has 3 rings (SSSR count). The number of halogens is 1.